The van der Waals surface area contributed by atoms with Gasteiger partial charge in [-0.2, -0.15) is 4.98 Å². The van der Waals surface area contributed by atoms with E-state index in [-0.39, 0.29) is 0 Å². The van der Waals surface area contributed by atoms with Crippen molar-refractivity contribution < 1.29 is 0 Å². The first-order chi connectivity index (χ1) is 13.5. The van der Waals surface area contributed by atoms with Crippen LogP contribution in [0.5, 0.6) is 0 Å². The molecule has 3 aromatic rings. The molecule has 3 rings (SSSR count). The van der Waals surface area contributed by atoms with E-state index in [1.54, 1.807) is 30.6 Å². The van der Waals surface area contributed by atoms with Gasteiger partial charge in [-0.3, -0.25) is 4.98 Å². The first-order valence-electron chi connectivity index (χ1n) is 8.92. The first kappa shape index (κ1) is 20.3. The molecule has 2 heterocycles. The van der Waals surface area contributed by atoms with Crippen molar-refractivity contribution in [3.63, 3.8) is 0 Å². The number of hydrogen-bond donors (Lipinski definition) is 2. The number of nitrogens with one attached hydrogen (secondary N) is 2. The van der Waals surface area contributed by atoms with Crippen molar-refractivity contribution >= 4 is 40.7 Å². The molecule has 0 aliphatic carbocycles. The molecule has 0 saturated carbocycles. The Hall–Kier alpha value is -2.41. The minimum atomic E-state index is 0.525. The van der Waals surface area contributed by atoms with Crippen LogP contribution in [0.25, 0.3) is 11.3 Å². The number of rotatable bonds is 8. The number of pyridine rings is 1. The molecule has 0 unspecified atom stereocenters. The molecule has 2 aromatic heterocycles. The summed E-state index contributed by atoms with van der Waals surface area (Å²) in [5, 5.41) is 7.57. The predicted octanol–water partition coefficient (Wildman–Crippen LogP) is 4.95. The SMILES string of the molecule is CN(C)CCCNc1nc(Nc2c(Cl)cccc2Cl)cc(-c2ccncc2)n1. The minimum Gasteiger partial charge on any atom is -0.354 e. The summed E-state index contributed by atoms with van der Waals surface area (Å²) in [5.74, 6) is 1.14. The number of aromatic nitrogens is 3. The lowest BCUT2D eigenvalue weighted by Gasteiger charge is -2.14. The molecule has 28 heavy (non-hydrogen) atoms. The maximum absolute atomic E-state index is 6.29. The smallest absolute Gasteiger partial charge is 0.225 e. The molecule has 0 aliphatic heterocycles. The summed E-state index contributed by atoms with van der Waals surface area (Å²) < 4.78 is 0. The molecule has 0 amide bonds. The van der Waals surface area contributed by atoms with Crippen molar-refractivity contribution in [3.05, 3.63) is 58.8 Å². The fraction of sp³-hybridized carbons (Fsp3) is 0.250. The van der Waals surface area contributed by atoms with Gasteiger partial charge in [0.1, 0.15) is 5.82 Å². The molecule has 6 nitrogen and oxygen atoms in total. The van der Waals surface area contributed by atoms with Gasteiger partial charge in [0.2, 0.25) is 5.95 Å². The van der Waals surface area contributed by atoms with E-state index in [2.05, 4.69) is 44.6 Å². The Morgan fingerprint density at radius 1 is 1.00 bits per heavy atom. The van der Waals surface area contributed by atoms with Crippen molar-refractivity contribution in [2.24, 2.45) is 0 Å². The van der Waals surface area contributed by atoms with Crippen molar-refractivity contribution in [3.8, 4) is 11.3 Å². The summed E-state index contributed by atoms with van der Waals surface area (Å²) in [5.41, 5.74) is 2.34. The fourth-order valence-corrected chi connectivity index (χ4v) is 3.09. The molecule has 0 bridgehead atoms. The second kappa shape index (κ2) is 9.68. The van der Waals surface area contributed by atoms with E-state index >= 15 is 0 Å². The number of benzene rings is 1. The second-order valence-electron chi connectivity index (χ2n) is 6.50. The number of para-hydroxylation sites is 1. The first-order valence-corrected chi connectivity index (χ1v) is 9.67. The molecule has 0 saturated heterocycles. The predicted molar refractivity (Wildman–Crippen MR) is 117 cm³/mol. The topological polar surface area (TPSA) is 66.0 Å². The van der Waals surface area contributed by atoms with Gasteiger partial charge in [0.15, 0.2) is 0 Å². The van der Waals surface area contributed by atoms with Gasteiger partial charge < -0.3 is 15.5 Å². The number of anilines is 3. The largest absolute Gasteiger partial charge is 0.354 e. The summed E-state index contributed by atoms with van der Waals surface area (Å²) in [6.45, 7) is 1.75. The van der Waals surface area contributed by atoms with Gasteiger partial charge in [-0.25, -0.2) is 4.98 Å². The highest BCUT2D eigenvalue weighted by Gasteiger charge is 2.11. The Balaban J connectivity index is 1.89. The highest BCUT2D eigenvalue weighted by molar-refractivity contribution is 6.39. The summed E-state index contributed by atoms with van der Waals surface area (Å²) in [6.07, 6.45) is 4.45. The monoisotopic (exact) mass is 416 g/mol. The van der Waals surface area contributed by atoms with Crippen LogP contribution in [0.3, 0.4) is 0 Å². The van der Waals surface area contributed by atoms with E-state index in [0.29, 0.717) is 27.5 Å². The lowest BCUT2D eigenvalue weighted by Crippen LogP contribution is -2.17. The summed E-state index contributed by atoms with van der Waals surface area (Å²) >= 11 is 12.6. The number of halogens is 2. The van der Waals surface area contributed by atoms with E-state index in [4.69, 9.17) is 23.2 Å². The quantitative estimate of drug-likeness (QED) is 0.506. The highest BCUT2D eigenvalue weighted by Crippen LogP contribution is 2.33. The Bertz CT molecular complexity index is 898. The average Bonchev–Trinajstić information content (AvgIpc) is 2.69. The van der Waals surface area contributed by atoms with Crippen LogP contribution in [0.2, 0.25) is 10.0 Å². The van der Waals surface area contributed by atoms with Gasteiger partial charge in [-0.05, 0) is 51.3 Å². The fourth-order valence-electron chi connectivity index (χ4n) is 2.60. The van der Waals surface area contributed by atoms with Crippen molar-refractivity contribution in [1.82, 2.24) is 19.9 Å². The van der Waals surface area contributed by atoms with Gasteiger partial charge >= 0.3 is 0 Å². The van der Waals surface area contributed by atoms with Crippen LogP contribution in [0.1, 0.15) is 6.42 Å². The minimum absolute atomic E-state index is 0.525. The molecule has 2 N–H and O–H groups in total. The summed E-state index contributed by atoms with van der Waals surface area (Å²) in [7, 11) is 4.10. The van der Waals surface area contributed by atoms with Crippen molar-refractivity contribution in [2.75, 3.05) is 37.8 Å². The molecular weight excluding hydrogens is 395 g/mol. The molecular formula is C20H22Cl2N6. The van der Waals surface area contributed by atoms with Gasteiger partial charge in [0.05, 0.1) is 21.4 Å². The van der Waals surface area contributed by atoms with E-state index in [0.717, 1.165) is 30.8 Å². The molecule has 0 spiro atoms. The lowest BCUT2D eigenvalue weighted by molar-refractivity contribution is 0.405. The van der Waals surface area contributed by atoms with Gasteiger partial charge in [-0.1, -0.05) is 29.3 Å². The van der Waals surface area contributed by atoms with Crippen LogP contribution in [-0.2, 0) is 0 Å². The highest BCUT2D eigenvalue weighted by atomic mass is 35.5. The Morgan fingerprint density at radius 2 is 1.71 bits per heavy atom. The van der Waals surface area contributed by atoms with Gasteiger partial charge in [0, 0.05) is 30.6 Å². The maximum atomic E-state index is 6.29. The molecule has 0 aliphatic rings. The third kappa shape index (κ3) is 5.55. The Morgan fingerprint density at radius 3 is 2.39 bits per heavy atom. The molecule has 1 aromatic carbocycles. The van der Waals surface area contributed by atoms with E-state index in [1.807, 2.05) is 18.2 Å². The van der Waals surface area contributed by atoms with Crippen LogP contribution in [0.15, 0.2) is 48.8 Å². The third-order valence-corrected chi connectivity index (χ3v) is 4.61. The standard InChI is InChI=1S/C20H22Cl2N6/c1-28(2)12-4-9-24-20-25-17(14-7-10-23-11-8-14)13-18(27-20)26-19-15(21)5-3-6-16(19)22/h3,5-8,10-11,13H,4,9,12H2,1-2H3,(H2,24,25,26,27). The molecule has 0 radical (unpaired) electrons. The normalized spacial score (nSPS) is 10.9. The average molecular weight is 417 g/mol. The zero-order valence-corrected chi connectivity index (χ0v) is 17.3. The Labute approximate surface area is 174 Å². The zero-order valence-electron chi connectivity index (χ0n) is 15.8. The van der Waals surface area contributed by atoms with Crippen LogP contribution in [0, 0.1) is 0 Å². The zero-order chi connectivity index (χ0) is 19.9. The van der Waals surface area contributed by atoms with E-state index in [9.17, 15) is 0 Å². The van der Waals surface area contributed by atoms with Crippen molar-refractivity contribution in [1.29, 1.82) is 0 Å². The van der Waals surface area contributed by atoms with Crippen LogP contribution < -0.4 is 10.6 Å². The van der Waals surface area contributed by atoms with Gasteiger partial charge in [-0.15, -0.1) is 0 Å². The van der Waals surface area contributed by atoms with Crippen LogP contribution in [0.4, 0.5) is 17.5 Å². The van der Waals surface area contributed by atoms with E-state index < -0.39 is 0 Å². The molecule has 8 heteroatoms. The number of hydrogen-bond acceptors (Lipinski definition) is 6. The van der Waals surface area contributed by atoms with E-state index in [1.165, 1.54) is 0 Å². The molecule has 0 fully saturated rings. The maximum Gasteiger partial charge on any atom is 0.225 e. The third-order valence-electron chi connectivity index (χ3n) is 3.98. The molecule has 0 atom stereocenters. The lowest BCUT2D eigenvalue weighted by atomic mass is 10.2. The Kier molecular flexibility index (Phi) is 7.03. The summed E-state index contributed by atoms with van der Waals surface area (Å²) in [6, 6.07) is 11.0. The second-order valence-corrected chi connectivity index (χ2v) is 7.32. The van der Waals surface area contributed by atoms with Crippen molar-refractivity contribution in [2.45, 2.75) is 6.42 Å². The van der Waals surface area contributed by atoms with Gasteiger partial charge in [0.25, 0.3) is 0 Å². The van der Waals surface area contributed by atoms with Crippen LogP contribution in [-0.4, -0.2) is 47.0 Å². The summed E-state index contributed by atoms with van der Waals surface area (Å²) in [4.78, 5) is 15.4. The number of nitrogens with zero attached hydrogens (tertiary/aromatic N) is 4. The molecule has 146 valence electrons. The van der Waals surface area contributed by atoms with Crippen LogP contribution >= 0.6 is 23.2 Å².